The molecule has 5 nitrogen and oxygen atoms in total. The van der Waals surface area contributed by atoms with E-state index in [4.69, 9.17) is 11.6 Å². The first-order valence-corrected chi connectivity index (χ1v) is 9.26. The van der Waals surface area contributed by atoms with E-state index in [1.54, 1.807) is 38.4 Å². The molecule has 0 unspecified atom stereocenters. The average molecular weight is 425 g/mol. The van der Waals surface area contributed by atoms with Gasteiger partial charge in [-0.15, -0.1) is 0 Å². The maximum atomic E-state index is 13.3. The molecule has 0 aliphatic rings. The predicted octanol–water partition coefficient (Wildman–Crippen LogP) is 4.95. The summed E-state index contributed by atoms with van der Waals surface area (Å²) in [7, 11) is 1.70. The Morgan fingerprint density at radius 1 is 1.21 bits per heavy atom. The van der Waals surface area contributed by atoms with Crippen LogP contribution in [0.25, 0.3) is 10.9 Å². The highest BCUT2D eigenvalue weighted by Gasteiger charge is 2.49. The lowest BCUT2D eigenvalue weighted by atomic mass is 9.87. The number of rotatable bonds is 4. The number of nitrogens with one attached hydrogen (secondary N) is 1. The molecule has 0 bridgehead atoms. The van der Waals surface area contributed by atoms with Crippen molar-refractivity contribution in [3.05, 3.63) is 58.5 Å². The summed E-state index contributed by atoms with van der Waals surface area (Å²) in [6, 6.07) is 7.19. The molecule has 3 rings (SSSR count). The molecule has 29 heavy (non-hydrogen) atoms. The topological polar surface area (TPSA) is 59.8 Å². The van der Waals surface area contributed by atoms with Crippen molar-refractivity contribution in [1.29, 1.82) is 0 Å². The second-order valence-electron chi connectivity index (χ2n) is 7.44. The summed E-state index contributed by atoms with van der Waals surface area (Å²) < 4.78 is 41.3. The summed E-state index contributed by atoms with van der Waals surface area (Å²) in [5.74, 6) is -0.334. The van der Waals surface area contributed by atoms with Gasteiger partial charge in [-0.1, -0.05) is 17.7 Å². The highest BCUT2D eigenvalue weighted by molar-refractivity contribution is 6.30. The fourth-order valence-corrected chi connectivity index (χ4v) is 3.10. The summed E-state index contributed by atoms with van der Waals surface area (Å²) in [4.78, 5) is 16.8. The van der Waals surface area contributed by atoms with Gasteiger partial charge in [0, 0.05) is 23.6 Å². The Labute approximate surface area is 170 Å². The van der Waals surface area contributed by atoms with E-state index in [0.29, 0.717) is 27.2 Å². The van der Waals surface area contributed by atoms with Crippen molar-refractivity contribution in [2.45, 2.75) is 38.4 Å². The number of carbonyl (C=O) groups excluding carboxylic acids is 1. The smallest absolute Gasteiger partial charge is 0.345 e. The first-order chi connectivity index (χ1) is 13.4. The van der Waals surface area contributed by atoms with Gasteiger partial charge in [0.2, 0.25) is 0 Å². The Morgan fingerprint density at radius 2 is 1.90 bits per heavy atom. The van der Waals surface area contributed by atoms with E-state index < -0.39 is 11.6 Å². The first-order valence-electron chi connectivity index (χ1n) is 8.88. The molecule has 9 heteroatoms. The minimum absolute atomic E-state index is 0.0745. The number of hydrogen-bond acceptors (Lipinski definition) is 3. The lowest BCUT2D eigenvalue weighted by Crippen LogP contribution is -2.37. The van der Waals surface area contributed by atoms with Gasteiger partial charge in [0.05, 0.1) is 23.4 Å². The van der Waals surface area contributed by atoms with Crippen molar-refractivity contribution in [3.63, 3.8) is 0 Å². The normalized spacial score (nSPS) is 13.5. The van der Waals surface area contributed by atoms with Crippen molar-refractivity contribution in [3.8, 4) is 0 Å². The number of nitrogens with zero attached hydrogens (tertiary/aromatic N) is 3. The summed E-state index contributed by atoms with van der Waals surface area (Å²) in [5.41, 5.74) is -0.706. The van der Waals surface area contributed by atoms with Gasteiger partial charge in [-0.25, -0.2) is 0 Å². The van der Waals surface area contributed by atoms with Crippen molar-refractivity contribution in [2.24, 2.45) is 7.05 Å². The van der Waals surface area contributed by atoms with Gasteiger partial charge in [0.1, 0.15) is 10.6 Å². The number of carbonyl (C=O) groups is 1. The number of alkyl halides is 3. The van der Waals surface area contributed by atoms with Gasteiger partial charge in [-0.3, -0.25) is 14.5 Å². The Bertz CT molecular complexity index is 1080. The van der Waals surface area contributed by atoms with Crippen LogP contribution in [0.15, 0.2) is 36.5 Å². The number of aryl methyl sites for hydroxylation is 1. The molecule has 0 radical (unpaired) electrons. The van der Waals surface area contributed by atoms with E-state index in [1.165, 1.54) is 16.8 Å². The fourth-order valence-electron chi connectivity index (χ4n) is 2.85. The second-order valence-corrected chi connectivity index (χ2v) is 7.79. The zero-order valence-electron chi connectivity index (χ0n) is 16.3. The molecule has 1 amide bonds. The molecule has 1 N–H and O–H groups in total. The van der Waals surface area contributed by atoms with E-state index in [-0.39, 0.29) is 17.6 Å². The molecule has 0 spiro atoms. The Kier molecular flexibility index (Phi) is 5.34. The van der Waals surface area contributed by atoms with E-state index in [0.717, 1.165) is 13.8 Å². The van der Waals surface area contributed by atoms with Gasteiger partial charge in [0.25, 0.3) is 5.91 Å². The molecule has 1 aromatic carbocycles. The number of benzene rings is 1. The van der Waals surface area contributed by atoms with Gasteiger partial charge in [-0.05, 0) is 45.0 Å². The Hall–Kier alpha value is -2.61. The minimum Gasteiger partial charge on any atom is -0.345 e. The highest BCUT2D eigenvalue weighted by atomic mass is 35.5. The van der Waals surface area contributed by atoms with E-state index in [9.17, 15) is 18.0 Å². The molecule has 0 fully saturated rings. The molecular formula is C20H20ClF3N4O. The van der Waals surface area contributed by atoms with Crippen LogP contribution in [0.3, 0.4) is 0 Å². The van der Waals surface area contributed by atoms with Crippen LogP contribution in [0, 0.1) is 0 Å². The SMILES string of the molecule is C[C@H](NC(=O)c1ccc2nc(C(C)(C)C(F)(F)F)ccc2c1)c1cnn(C)c1Cl. The number of pyridine rings is 1. The third-order valence-electron chi connectivity index (χ3n) is 5.01. The summed E-state index contributed by atoms with van der Waals surface area (Å²) in [5, 5.41) is 7.90. The van der Waals surface area contributed by atoms with Crippen LogP contribution in [0.4, 0.5) is 13.2 Å². The van der Waals surface area contributed by atoms with Gasteiger partial charge in [0.15, 0.2) is 0 Å². The van der Waals surface area contributed by atoms with Crippen LogP contribution < -0.4 is 5.32 Å². The van der Waals surface area contributed by atoms with Gasteiger partial charge >= 0.3 is 6.18 Å². The van der Waals surface area contributed by atoms with Crippen LogP contribution in [-0.4, -0.2) is 26.8 Å². The fraction of sp³-hybridized carbons (Fsp3) is 0.350. The maximum Gasteiger partial charge on any atom is 0.399 e. The molecule has 3 aromatic rings. The lowest BCUT2D eigenvalue weighted by molar-refractivity contribution is -0.181. The number of amides is 1. The quantitative estimate of drug-likeness (QED) is 0.644. The van der Waals surface area contributed by atoms with Gasteiger partial charge in [-0.2, -0.15) is 18.3 Å². The summed E-state index contributed by atoms with van der Waals surface area (Å²) in [6.45, 7) is 3.97. The van der Waals surface area contributed by atoms with Crippen molar-refractivity contribution in [2.75, 3.05) is 0 Å². The molecule has 0 saturated carbocycles. The third-order valence-corrected chi connectivity index (χ3v) is 5.47. The third kappa shape index (κ3) is 3.94. The molecule has 1 atom stereocenters. The van der Waals surface area contributed by atoms with E-state index in [1.807, 2.05) is 0 Å². The molecule has 0 saturated heterocycles. The average Bonchev–Trinajstić information content (AvgIpc) is 2.98. The molecule has 0 aliphatic heterocycles. The summed E-state index contributed by atoms with van der Waals surface area (Å²) >= 11 is 6.16. The standard InChI is InChI=1S/C20H20ClF3N4O/c1-11(14-10-25-28(4)17(14)21)26-18(29)13-5-7-15-12(9-13)6-8-16(27-15)19(2,3)20(22,23)24/h5-11H,1-4H3,(H,26,29)/t11-/m0/s1. The molecule has 2 aromatic heterocycles. The Balaban J connectivity index is 1.85. The minimum atomic E-state index is -4.42. The molecular weight excluding hydrogens is 405 g/mol. The van der Waals surface area contributed by atoms with Crippen LogP contribution in [-0.2, 0) is 12.5 Å². The maximum absolute atomic E-state index is 13.3. The predicted molar refractivity (Wildman–Crippen MR) is 105 cm³/mol. The zero-order chi connectivity index (χ0) is 21.6. The van der Waals surface area contributed by atoms with E-state index in [2.05, 4.69) is 15.4 Å². The lowest BCUT2D eigenvalue weighted by Gasteiger charge is -2.27. The molecule has 154 valence electrons. The zero-order valence-corrected chi connectivity index (χ0v) is 17.1. The second kappa shape index (κ2) is 7.33. The molecule has 2 heterocycles. The number of aromatic nitrogens is 3. The molecule has 0 aliphatic carbocycles. The van der Waals surface area contributed by atoms with Crippen LogP contribution >= 0.6 is 11.6 Å². The van der Waals surface area contributed by atoms with E-state index >= 15 is 0 Å². The Morgan fingerprint density at radius 3 is 2.48 bits per heavy atom. The van der Waals surface area contributed by atoms with Crippen LogP contribution in [0.2, 0.25) is 5.15 Å². The first kappa shape index (κ1) is 21.1. The highest BCUT2D eigenvalue weighted by Crippen LogP contribution is 2.40. The monoisotopic (exact) mass is 424 g/mol. The number of halogens is 4. The number of fused-ring (bicyclic) bond motifs is 1. The largest absolute Gasteiger partial charge is 0.399 e. The summed E-state index contributed by atoms with van der Waals surface area (Å²) in [6.07, 6.45) is -2.83. The van der Waals surface area contributed by atoms with Crippen LogP contribution in [0.1, 0.15) is 48.4 Å². The van der Waals surface area contributed by atoms with Crippen molar-refractivity contribution >= 4 is 28.4 Å². The van der Waals surface area contributed by atoms with Crippen LogP contribution in [0.5, 0.6) is 0 Å². The van der Waals surface area contributed by atoms with Gasteiger partial charge < -0.3 is 5.32 Å². The van der Waals surface area contributed by atoms with Crippen molar-refractivity contribution < 1.29 is 18.0 Å². The number of hydrogen-bond donors (Lipinski definition) is 1. The van der Waals surface area contributed by atoms with Crippen molar-refractivity contribution in [1.82, 2.24) is 20.1 Å².